The summed E-state index contributed by atoms with van der Waals surface area (Å²) in [6.45, 7) is 10.4. The second-order valence-electron chi connectivity index (χ2n) is 11.3. The minimum absolute atomic E-state index is 0.242. The van der Waals surface area contributed by atoms with Crippen molar-refractivity contribution < 1.29 is 14.0 Å². The lowest BCUT2D eigenvalue weighted by atomic mass is 10.0. The zero-order valence-electron chi connectivity index (χ0n) is 25.8. The summed E-state index contributed by atoms with van der Waals surface area (Å²) in [7, 11) is 0.736. The summed E-state index contributed by atoms with van der Waals surface area (Å²) in [5, 5.41) is 11.7. The van der Waals surface area contributed by atoms with Crippen molar-refractivity contribution >= 4 is 81.5 Å². The number of aryl methyl sites for hydroxylation is 1. The predicted molar refractivity (Wildman–Crippen MR) is 186 cm³/mol. The normalized spacial score (nSPS) is 17.7. The second kappa shape index (κ2) is 12.4. The Kier molecular flexibility index (Phi) is 8.51. The molecule has 2 aliphatic heterocycles. The van der Waals surface area contributed by atoms with Gasteiger partial charge in [-0.2, -0.15) is 10.1 Å². The highest BCUT2D eigenvalue weighted by molar-refractivity contribution is 9.10. The molecule has 2 aromatic heterocycles. The SMILES string of the molecule is C=Nc1ccc(Nc2nc(Nc3cc(-c4cnn(C)c4)c(N4C[C@H]5C[C@@H]4CO5)cc3OC)ncc2Br)c(P(C)(C)=O)c1/N=C\C. The number of nitrogens with zero attached hydrogens (tertiary/aromatic N) is 7. The lowest BCUT2D eigenvalue weighted by molar-refractivity contribution is 0.0991. The van der Waals surface area contributed by atoms with Gasteiger partial charge in [-0.1, -0.05) is 0 Å². The summed E-state index contributed by atoms with van der Waals surface area (Å²) in [4.78, 5) is 20.3. The summed E-state index contributed by atoms with van der Waals surface area (Å²) < 4.78 is 27.7. The Balaban J connectivity index is 1.38. The van der Waals surface area contributed by atoms with E-state index in [2.05, 4.69) is 70.4 Å². The molecular formula is C31H35BrN9O3P. The molecule has 2 atom stereocenters. The molecule has 4 aromatic rings. The first-order valence-electron chi connectivity index (χ1n) is 14.4. The van der Waals surface area contributed by atoms with E-state index in [1.165, 1.54) is 0 Å². The number of aromatic nitrogens is 4. The van der Waals surface area contributed by atoms with Gasteiger partial charge in [0.1, 0.15) is 24.4 Å². The Hall–Kier alpha value is -4.06. The van der Waals surface area contributed by atoms with Crippen LogP contribution in [0.15, 0.2) is 57.3 Å². The third kappa shape index (κ3) is 6.12. The van der Waals surface area contributed by atoms with Crippen LogP contribution in [0.4, 0.5) is 40.2 Å². The largest absolute Gasteiger partial charge is 0.494 e. The molecule has 12 nitrogen and oxygen atoms in total. The van der Waals surface area contributed by atoms with Crippen LogP contribution in [0, 0.1) is 0 Å². The summed E-state index contributed by atoms with van der Waals surface area (Å²) in [6.07, 6.45) is 8.43. The van der Waals surface area contributed by atoms with E-state index in [0.717, 1.165) is 29.8 Å². The monoisotopic (exact) mass is 691 g/mol. The van der Waals surface area contributed by atoms with Crippen molar-refractivity contribution in [2.24, 2.45) is 17.0 Å². The Bertz CT molecular complexity index is 1850. The molecule has 4 heterocycles. The number of rotatable bonds is 10. The quantitative estimate of drug-likeness (QED) is 0.143. The topological polar surface area (TPSA) is 131 Å². The maximum Gasteiger partial charge on any atom is 0.229 e. The number of methoxy groups -OCH3 is 1. The minimum Gasteiger partial charge on any atom is -0.494 e. The van der Waals surface area contributed by atoms with Gasteiger partial charge in [-0.3, -0.25) is 14.7 Å². The first kappa shape index (κ1) is 30.9. The first-order valence-corrected chi connectivity index (χ1v) is 17.8. The highest BCUT2D eigenvalue weighted by Gasteiger charge is 2.40. The van der Waals surface area contributed by atoms with Crippen LogP contribution in [-0.2, 0) is 16.3 Å². The Morgan fingerprint density at radius 2 is 2.04 bits per heavy atom. The molecule has 0 unspecified atom stereocenters. The van der Waals surface area contributed by atoms with E-state index in [9.17, 15) is 4.57 Å². The molecule has 2 aliphatic rings. The van der Waals surface area contributed by atoms with Crippen molar-refractivity contribution in [2.45, 2.75) is 25.5 Å². The van der Waals surface area contributed by atoms with Crippen LogP contribution in [0.2, 0.25) is 0 Å². The molecule has 14 heteroatoms. The molecule has 0 amide bonds. The molecule has 45 heavy (non-hydrogen) atoms. The number of hydrogen-bond donors (Lipinski definition) is 2. The molecular weight excluding hydrogens is 657 g/mol. The Morgan fingerprint density at radius 3 is 2.67 bits per heavy atom. The highest BCUT2D eigenvalue weighted by atomic mass is 79.9. The van der Waals surface area contributed by atoms with E-state index in [-0.39, 0.29) is 6.10 Å². The average Bonchev–Trinajstić information content (AvgIpc) is 3.76. The molecule has 6 rings (SSSR count). The number of halogens is 1. The third-order valence-electron chi connectivity index (χ3n) is 7.88. The molecule has 234 valence electrons. The molecule has 2 saturated heterocycles. The maximum absolute atomic E-state index is 13.5. The lowest BCUT2D eigenvalue weighted by Crippen LogP contribution is -2.37. The van der Waals surface area contributed by atoms with E-state index in [0.29, 0.717) is 62.7 Å². The second-order valence-corrected chi connectivity index (χ2v) is 15.3. The highest BCUT2D eigenvalue weighted by Crippen LogP contribution is 2.47. The van der Waals surface area contributed by atoms with Crippen LogP contribution in [0.25, 0.3) is 11.1 Å². The van der Waals surface area contributed by atoms with Crippen molar-refractivity contribution in [3.05, 3.63) is 47.3 Å². The summed E-state index contributed by atoms with van der Waals surface area (Å²) in [5.74, 6) is 1.47. The maximum atomic E-state index is 13.5. The molecule has 0 radical (unpaired) electrons. The number of benzene rings is 2. The van der Waals surface area contributed by atoms with Gasteiger partial charge in [0, 0.05) is 55.1 Å². The smallest absolute Gasteiger partial charge is 0.229 e. The van der Waals surface area contributed by atoms with Gasteiger partial charge in [-0.05, 0) is 67.5 Å². The Morgan fingerprint density at radius 1 is 1.22 bits per heavy atom. The standard InChI is InChI=1S/C31H35BrN9O3P/c1-7-34-28-23(33-2)8-9-24(29(28)45(5,6)42)37-30-22(32)14-35-31(39-30)38-25-11-21(18-13-36-40(3)15-18)26(12-27(25)43-4)41-16-20-10-19(41)17-44-20/h7-9,11-15,19-20H,2,10,16-17H2,1,3-6H3,(H2,35,37,38,39)/b34-7-/t19-,20-/m1/s1. The molecule has 2 fully saturated rings. The van der Waals surface area contributed by atoms with E-state index < -0.39 is 7.14 Å². The van der Waals surface area contributed by atoms with E-state index in [1.54, 1.807) is 50.5 Å². The lowest BCUT2D eigenvalue weighted by Gasteiger charge is -2.31. The van der Waals surface area contributed by atoms with Crippen LogP contribution < -0.4 is 25.6 Å². The number of fused-ring (bicyclic) bond motifs is 2. The van der Waals surface area contributed by atoms with Gasteiger partial charge < -0.3 is 29.6 Å². The number of hydrogen-bond acceptors (Lipinski definition) is 11. The van der Waals surface area contributed by atoms with Gasteiger partial charge in [0.25, 0.3) is 0 Å². The van der Waals surface area contributed by atoms with Gasteiger partial charge in [-0.25, -0.2) is 4.98 Å². The van der Waals surface area contributed by atoms with Gasteiger partial charge in [-0.15, -0.1) is 0 Å². The van der Waals surface area contributed by atoms with Gasteiger partial charge >= 0.3 is 0 Å². The number of aliphatic imine (C=N–C) groups is 2. The Labute approximate surface area is 270 Å². The van der Waals surface area contributed by atoms with E-state index >= 15 is 0 Å². The number of nitrogens with one attached hydrogen (secondary N) is 2. The zero-order valence-corrected chi connectivity index (χ0v) is 28.3. The van der Waals surface area contributed by atoms with Crippen molar-refractivity contribution in [3.8, 4) is 16.9 Å². The first-order chi connectivity index (χ1) is 21.6. The molecule has 0 spiro atoms. The van der Waals surface area contributed by atoms with Crippen LogP contribution in [0.1, 0.15) is 13.3 Å². The van der Waals surface area contributed by atoms with Gasteiger partial charge in [0.2, 0.25) is 5.95 Å². The van der Waals surface area contributed by atoms with Crippen molar-refractivity contribution in [3.63, 3.8) is 0 Å². The predicted octanol–water partition coefficient (Wildman–Crippen LogP) is 6.42. The summed E-state index contributed by atoms with van der Waals surface area (Å²) in [6, 6.07) is 8.03. The fraction of sp³-hybridized carbons (Fsp3) is 0.323. The van der Waals surface area contributed by atoms with E-state index in [1.807, 2.05) is 25.5 Å². The molecule has 2 bridgehead atoms. The van der Waals surface area contributed by atoms with Gasteiger partial charge in [0.05, 0.1) is 58.9 Å². The van der Waals surface area contributed by atoms with Crippen molar-refractivity contribution in [1.82, 2.24) is 19.7 Å². The van der Waals surface area contributed by atoms with Crippen LogP contribution >= 0.6 is 23.1 Å². The average molecular weight is 693 g/mol. The molecule has 2 aromatic carbocycles. The van der Waals surface area contributed by atoms with Crippen molar-refractivity contribution in [1.29, 1.82) is 0 Å². The molecule has 0 aliphatic carbocycles. The molecule has 0 saturated carbocycles. The summed E-state index contributed by atoms with van der Waals surface area (Å²) >= 11 is 3.57. The minimum atomic E-state index is -2.82. The number of morpholine rings is 1. The van der Waals surface area contributed by atoms with Crippen molar-refractivity contribution in [2.75, 3.05) is 49.1 Å². The number of ether oxygens (including phenoxy) is 2. The fourth-order valence-corrected chi connectivity index (χ4v) is 7.60. The van der Waals surface area contributed by atoms with E-state index in [4.69, 9.17) is 14.5 Å². The molecule has 2 N–H and O–H groups in total. The van der Waals surface area contributed by atoms with Gasteiger partial charge in [0.15, 0.2) is 0 Å². The van der Waals surface area contributed by atoms with Crippen LogP contribution in [0.5, 0.6) is 5.75 Å². The number of anilines is 5. The van der Waals surface area contributed by atoms with Crippen LogP contribution in [0.3, 0.4) is 0 Å². The fourth-order valence-electron chi connectivity index (χ4n) is 5.92. The zero-order chi connectivity index (χ0) is 31.9. The van der Waals surface area contributed by atoms with Crippen LogP contribution in [-0.4, -0.2) is 78.4 Å². The third-order valence-corrected chi connectivity index (χ3v) is 9.99. The summed E-state index contributed by atoms with van der Waals surface area (Å²) in [5.41, 5.74) is 5.43.